The maximum Gasteiger partial charge on any atom is 0.162 e. The van der Waals surface area contributed by atoms with Gasteiger partial charge in [-0.1, -0.05) is 0 Å². The highest BCUT2D eigenvalue weighted by Crippen LogP contribution is 2.33. The molecule has 0 aliphatic carbocycles. The van der Waals surface area contributed by atoms with E-state index < -0.39 is 0 Å². The number of aryl methyl sites for hydroxylation is 1. The number of nitrogens with zero attached hydrogens (tertiary/aromatic N) is 2. The molecular formula is C15H15N3O2S. The Balaban J connectivity index is 2.00. The Kier molecular flexibility index (Phi) is 3.62. The molecule has 0 unspecified atom stereocenters. The van der Waals surface area contributed by atoms with Crippen molar-refractivity contribution in [3.63, 3.8) is 0 Å². The summed E-state index contributed by atoms with van der Waals surface area (Å²) in [4.78, 5) is 9.61. The van der Waals surface area contributed by atoms with Gasteiger partial charge in [0.2, 0.25) is 0 Å². The van der Waals surface area contributed by atoms with Crippen molar-refractivity contribution in [2.45, 2.75) is 6.92 Å². The van der Waals surface area contributed by atoms with Gasteiger partial charge >= 0.3 is 0 Å². The van der Waals surface area contributed by atoms with Crippen LogP contribution in [0.15, 0.2) is 29.9 Å². The van der Waals surface area contributed by atoms with Crippen molar-refractivity contribution in [3.05, 3.63) is 35.5 Å². The highest BCUT2D eigenvalue weighted by Gasteiger charge is 2.10. The van der Waals surface area contributed by atoms with Gasteiger partial charge in [-0.3, -0.25) is 0 Å². The van der Waals surface area contributed by atoms with Crippen LogP contribution < -0.4 is 14.8 Å². The predicted molar refractivity (Wildman–Crippen MR) is 85.0 cm³/mol. The molecule has 0 fully saturated rings. The molecule has 3 aromatic rings. The average molecular weight is 301 g/mol. The predicted octanol–water partition coefficient (Wildman–Crippen LogP) is 3.76. The van der Waals surface area contributed by atoms with E-state index in [-0.39, 0.29) is 0 Å². The number of methoxy groups -OCH3 is 2. The molecule has 0 atom stereocenters. The van der Waals surface area contributed by atoms with E-state index in [0.717, 1.165) is 21.7 Å². The zero-order valence-electron chi connectivity index (χ0n) is 12.0. The second kappa shape index (κ2) is 5.57. The Morgan fingerprint density at radius 3 is 2.67 bits per heavy atom. The van der Waals surface area contributed by atoms with Crippen LogP contribution in [0.2, 0.25) is 0 Å². The zero-order chi connectivity index (χ0) is 14.8. The first kappa shape index (κ1) is 13.6. The van der Waals surface area contributed by atoms with Crippen molar-refractivity contribution >= 4 is 33.1 Å². The van der Waals surface area contributed by atoms with E-state index in [1.54, 1.807) is 31.9 Å². The third-order valence-electron chi connectivity index (χ3n) is 3.20. The van der Waals surface area contributed by atoms with Crippen LogP contribution in [0.4, 0.5) is 11.5 Å². The minimum atomic E-state index is 0.676. The van der Waals surface area contributed by atoms with Gasteiger partial charge in [0.1, 0.15) is 17.0 Å². The van der Waals surface area contributed by atoms with Crippen LogP contribution in [-0.4, -0.2) is 24.2 Å². The summed E-state index contributed by atoms with van der Waals surface area (Å²) >= 11 is 1.62. The smallest absolute Gasteiger partial charge is 0.162 e. The van der Waals surface area contributed by atoms with Crippen molar-refractivity contribution in [3.8, 4) is 11.5 Å². The van der Waals surface area contributed by atoms with Crippen molar-refractivity contribution in [1.29, 1.82) is 0 Å². The number of hydrogen-bond donors (Lipinski definition) is 1. The van der Waals surface area contributed by atoms with Crippen LogP contribution in [0.3, 0.4) is 0 Å². The van der Waals surface area contributed by atoms with Crippen LogP contribution in [-0.2, 0) is 0 Å². The SMILES string of the molecule is COc1ccc(Nc2ncnc3scc(C)c23)cc1OC. The first-order chi connectivity index (χ1) is 10.2. The molecule has 5 nitrogen and oxygen atoms in total. The Labute approximate surface area is 126 Å². The molecule has 6 heteroatoms. The van der Waals surface area contributed by atoms with Crippen LogP contribution in [0, 0.1) is 6.92 Å². The molecule has 0 aliphatic heterocycles. The number of aromatic nitrogens is 2. The number of fused-ring (bicyclic) bond motifs is 1. The third kappa shape index (κ3) is 2.50. The minimum absolute atomic E-state index is 0.676. The molecule has 0 amide bonds. The lowest BCUT2D eigenvalue weighted by Gasteiger charge is -2.11. The number of thiophene rings is 1. The summed E-state index contributed by atoms with van der Waals surface area (Å²) < 4.78 is 10.6. The molecule has 21 heavy (non-hydrogen) atoms. The molecule has 2 aromatic heterocycles. The summed E-state index contributed by atoms with van der Waals surface area (Å²) in [5.74, 6) is 2.17. The molecule has 3 rings (SSSR count). The summed E-state index contributed by atoms with van der Waals surface area (Å²) in [6.07, 6.45) is 1.57. The fraction of sp³-hybridized carbons (Fsp3) is 0.200. The average Bonchev–Trinajstić information content (AvgIpc) is 2.90. The molecule has 1 N–H and O–H groups in total. The van der Waals surface area contributed by atoms with Crippen molar-refractivity contribution in [2.75, 3.05) is 19.5 Å². The first-order valence-electron chi connectivity index (χ1n) is 6.40. The molecule has 0 bridgehead atoms. The number of benzene rings is 1. The van der Waals surface area contributed by atoms with Gasteiger partial charge in [-0.25, -0.2) is 9.97 Å². The van der Waals surface area contributed by atoms with Crippen molar-refractivity contribution < 1.29 is 9.47 Å². The lowest BCUT2D eigenvalue weighted by molar-refractivity contribution is 0.355. The van der Waals surface area contributed by atoms with Gasteiger partial charge in [-0.2, -0.15) is 0 Å². The lowest BCUT2D eigenvalue weighted by atomic mass is 10.2. The quantitative estimate of drug-likeness (QED) is 0.795. The maximum absolute atomic E-state index is 5.32. The number of hydrogen-bond acceptors (Lipinski definition) is 6. The van der Waals surface area contributed by atoms with Gasteiger partial charge in [-0.05, 0) is 30.0 Å². The molecule has 2 heterocycles. The Morgan fingerprint density at radius 2 is 1.90 bits per heavy atom. The summed E-state index contributed by atoms with van der Waals surface area (Å²) in [5.41, 5.74) is 2.05. The Morgan fingerprint density at radius 1 is 1.10 bits per heavy atom. The number of rotatable bonds is 4. The van der Waals surface area contributed by atoms with Gasteiger partial charge in [-0.15, -0.1) is 11.3 Å². The Bertz CT molecular complexity index is 786. The largest absolute Gasteiger partial charge is 0.493 e. The molecule has 0 saturated heterocycles. The normalized spacial score (nSPS) is 10.6. The fourth-order valence-corrected chi connectivity index (χ4v) is 3.05. The molecule has 0 saturated carbocycles. The van der Waals surface area contributed by atoms with E-state index in [1.807, 2.05) is 18.2 Å². The van der Waals surface area contributed by atoms with Crippen molar-refractivity contribution in [1.82, 2.24) is 9.97 Å². The summed E-state index contributed by atoms with van der Waals surface area (Å²) in [7, 11) is 3.24. The molecule has 0 aliphatic rings. The van der Waals surface area contributed by atoms with Gasteiger partial charge in [0.25, 0.3) is 0 Å². The fourth-order valence-electron chi connectivity index (χ4n) is 2.16. The van der Waals surface area contributed by atoms with E-state index in [1.165, 1.54) is 5.56 Å². The van der Waals surface area contributed by atoms with Crippen LogP contribution in [0.1, 0.15) is 5.56 Å². The minimum Gasteiger partial charge on any atom is -0.493 e. The van der Waals surface area contributed by atoms with Gasteiger partial charge in [0.15, 0.2) is 11.5 Å². The lowest BCUT2D eigenvalue weighted by Crippen LogP contribution is -1.97. The third-order valence-corrected chi connectivity index (χ3v) is 4.20. The van der Waals surface area contributed by atoms with E-state index in [0.29, 0.717) is 11.5 Å². The van der Waals surface area contributed by atoms with E-state index in [9.17, 15) is 0 Å². The molecule has 1 aromatic carbocycles. The summed E-state index contributed by atoms with van der Waals surface area (Å²) in [5, 5.41) is 6.46. The topological polar surface area (TPSA) is 56.3 Å². The standard InChI is InChI=1S/C15H15N3O2S/c1-9-7-21-15-13(9)14(16-8-17-15)18-10-4-5-11(19-2)12(6-10)20-3/h4-8H,1-3H3,(H,16,17,18). The highest BCUT2D eigenvalue weighted by molar-refractivity contribution is 7.17. The van der Waals surface area contributed by atoms with Crippen LogP contribution in [0.5, 0.6) is 11.5 Å². The number of nitrogens with one attached hydrogen (secondary N) is 1. The van der Waals surface area contributed by atoms with Crippen molar-refractivity contribution in [2.24, 2.45) is 0 Å². The second-order valence-electron chi connectivity index (χ2n) is 4.52. The highest BCUT2D eigenvalue weighted by atomic mass is 32.1. The molecular weight excluding hydrogens is 286 g/mol. The maximum atomic E-state index is 5.32. The summed E-state index contributed by atoms with van der Waals surface area (Å²) in [6, 6.07) is 5.67. The zero-order valence-corrected chi connectivity index (χ0v) is 12.8. The van der Waals surface area contributed by atoms with Gasteiger partial charge in [0, 0.05) is 11.8 Å². The Hall–Kier alpha value is -2.34. The monoisotopic (exact) mass is 301 g/mol. The second-order valence-corrected chi connectivity index (χ2v) is 5.37. The summed E-state index contributed by atoms with van der Waals surface area (Å²) in [6.45, 7) is 2.06. The van der Waals surface area contributed by atoms with E-state index in [4.69, 9.17) is 9.47 Å². The molecule has 108 valence electrons. The van der Waals surface area contributed by atoms with E-state index >= 15 is 0 Å². The number of anilines is 2. The first-order valence-corrected chi connectivity index (χ1v) is 7.28. The van der Waals surface area contributed by atoms with Gasteiger partial charge < -0.3 is 14.8 Å². The van der Waals surface area contributed by atoms with Crippen LogP contribution in [0.25, 0.3) is 10.2 Å². The number of ether oxygens (including phenoxy) is 2. The van der Waals surface area contributed by atoms with E-state index in [2.05, 4.69) is 27.6 Å². The van der Waals surface area contributed by atoms with Crippen LogP contribution >= 0.6 is 11.3 Å². The van der Waals surface area contributed by atoms with Gasteiger partial charge in [0.05, 0.1) is 19.6 Å². The molecule has 0 radical (unpaired) electrons. The molecule has 0 spiro atoms.